The minimum absolute atomic E-state index is 0.0445. The lowest BCUT2D eigenvalue weighted by Crippen LogP contribution is -2.34. The Morgan fingerprint density at radius 3 is 2.44 bits per heavy atom. The number of piperidine rings is 1. The van der Waals surface area contributed by atoms with Crippen LogP contribution in [0.2, 0.25) is 0 Å². The zero-order valence-electron chi connectivity index (χ0n) is 17.8. The number of hydrogen-bond acceptors (Lipinski definition) is 4. The van der Waals surface area contributed by atoms with Gasteiger partial charge in [-0.1, -0.05) is 42.5 Å². The molecule has 0 bridgehead atoms. The third kappa shape index (κ3) is 3.83. The fraction of sp³-hybridized carbons (Fsp3) is 0.296. The van der Waals surface area contributed by atoms with E-state index in [-0.39, 0.29) is 29.3 Å². The zero-order chi connectivity index (χ0) is 22.1. The maximum absolute atomic E-state index is 15.6. The molecular formula is C27H26FNO3. The smallest absolute Gasteiger partial charge is 0.129 e. The molecule has 1 fully saturated rings. The average molecular weight is 432 g/mol. The molecule has 4 nitrogen and oxygen atoms in total. The van der Waals surface area contributed by atoms with Gasteiger partial charge >= 0.3 is 0 Å². The first-order valence-corrected chi connectivity index (χ1v) is 11.1. The summed E-state index contributed by atoms with van der Waals surface area (Å²) in [6.45, 7) is 1.92. The van der Waals surface area contributed by atoms with Crippen LogP contribution in [0.1, 0.15) is 41.4 Å². The molecule has 2 atom stereocenters. The van der Waals surface area contributed by atoms with Crippen molar-refractivity contribution < 1.29 is 19.0 Å². The van der Waals surface area contributed by atoms with E-state index in [9.17, 15) is 9.90 Å². The molecule has 3 aromatic carbocycles. The second kappa shape index (κ2) is 8.65. The van der Waals surface area contributed by atoms with Crippen LogP contribution in [0.25, 0.3) is 0 Å². The molecule has 3 aromatic rings. The van der Waals surface area contributed by atoms with Crippen LogP contribution in [-0.2, 0) is 4.79 Å². The number of phenolic OH excluding ortho intramolecular Hbond substituents is 1. The molecule has 0 spiro atoms. The second-order valence-electron chi connectivity index (χ2n) is 8.69. The van der Waals surface area contributed by atoms with Crippen molar-refractivity contribution in [2.24, 2.45) is 5.92 Å². The van der Waals surface area contributed by atoms with Gasteiger partial charge in [-0.2, -0.15) is 0 Å². The van der Waals surface area contributed by atoms with Crippen LogP contribution in [0.3, 0.4) is 0 Å². The number of fused-ring (bicyclic) bond motifs is 1. The summed E-state index contributed by atoms with van der Waals surface area (Å²) in [5, 5.41) is 9.92. The Bertz CT molecular complexity index is 1110. The van der Waals surface area contributed by atoms with Gasteiger partial charge in [0.2, 0.25) is 0 Å². The Hall–Kier alpha value is -3.34. The fourth-order valence-corrected chi connectivity index (χ4v) is 5.03. The van der Waals surface area contributed by atoms with Crippen LogP contribution < -0.4 is 9.64 Å². The summed E-state index contributed by atoms with van der Waals surface area (Å²) in [6, 6.07) is 20.6. The number of phenols is 1. The van der Waals surface area contributed by atoms with Crippen molar-refractivity contribution in [3.8, 4) is 11.5 Å². The molecule has 5 rings (SSSR count). The molecule has 1 N–H and O–H groups in total. The highest BCUT2D eigenvalue weighted by Crippen LogP contribution is 2.47. The lowest BCUT2D eigenvalue weighted by atomic mass is 9.75. The Morgan fingerprint density at radius 1 is 0.969 bits per heavy atom. The molecule has 32 heavy (non-hydrogen) atoms. The van der Waals surface area contributed by atoms with Crippen molar-refractivity contribution in [3.05, 3.63) is 89.2 Å². The average Bonchev–Trinajstić information content (AvgIpc) is 2.84. The normalized spacial score (nSPS) is 21.0. The van der Waals surface area contributed by atoms with E-state index in [4.69, 9.17) is 4.74 Å². The van der Waals surface area contributed by atoms with Crippen molar-refractivity contribution in [2.45, 2.75) is 24.7 Å². The first-order valence-electron chi connectivity index (χ1n) is 11.1. The molecule has 2 heterocycles. The van der Waals surface area contributed by atoms with E-state index >= 15 is 4.39 Å². The highest BCUT2D eigenvalue weighted by Gasteiger charge is 2.35. The number of halogens is 1. The van der Waals surface area contributed by atoms with E-state index in [0.29, 0.717) is 17.9 Å². The molecule has 0 unspecified atom stereocenters. The van der Waals surface area contributed by atoms with E-state index in [1.165, 1.54) is 0 Å². The highest BCUT2D eigenvalue weighted by molar-refractivity contribution is 5.57. The summed E-state index contributed by atoms with van der Waals surface area (Å²) >= 11 is 0. The van der Waals surface area contributed by atoms with E-state index in [1.54, 1.807) is 18.2 Å². The summed E-state index contributed by atoms with van der Waals surface area (Å²) in [5.41, 5.74) is 3.45. The summed E-state index contributed by atoms with van der Waals surface area (Å²) in [6.07, 6.45) is 2.64. The van der Waals surface area contributed by atoms with Crippen LogP contribution in [0.5, 0.6) is 11.5 Å². The molecule has 2 aliphatic rings. The van der Waals surface area contributed by atoms with Crippen LogP contribution in [0.15, 0.2) is 66.7 Å². The van der Waals surface area contributed by atoms with Crippen molar-refractivity contribution >= 4 is 12.0 Å². The SMILES string of the molecule is O=CC1CCN(c2ccc([C@H]3c4ccc(O)cc4OC[C@H]3c3ccccc3)c(F)c2)CC1. The summed E-state index contributed by atoms with van der Waals surface area (Å²) in [4.78, 5) is 13.2. The summed E-state index contributed by atoms with van der Waals surface area (Å²) in [7, 11) is 0. The molecule has 0 amide bonds. The summed E-state index contributed by atoms with van der Waals surface area (Å²) < 4.78 is 21.6. The van der Waals surface area contributed by atoms with Crippen LogP contribution >= 0.6 is 0 Å². The van der Waals surface area contributed by atoms with E-state index in [1.807, 2.05) is 36.4 Å². The number of anilines is 1. The lowest BCUT2D eigenvalue weighted by molar-refractivity contribution is -0.111. The number of aldehydes is 1. The van der Waals surface area contributed by atoms with Gasteiger partial charge in [0.05, 0.1) is 6.61 Å². The number of aromatic hydroxyl groups is 1. The van der Waals surface area contributed by atoms with E-state index in [2.05, 4.69) is 17.0 Å². The minimum Gasteiger partial charge on any atom is -0.508 e. The molecule has 0 saturated carbocycles. The maximum Gasteiger partial charge on any atom is 0.129 e. The number of hydrogen-bond donors (Lipinski definition) is 1. The van der Waals surface area contributed by atoms with E-state index < -0.39 is 0 Å². The number of carbonyl (C=O) groups is 1. The van der Waals surface area contributed by atoms with Crippen molar-refractivity contribution in [1.29, 1.82) is 0 Å². The molecule has 164 valence electrons. The standard InChI is InChI=1S/C27H26FNO3/c28-25-14-20(29-12-10-18(16-30)11-13-29)6-8-22(25)27-23-9-7-21(31)15-26(23)32-17-24(27)19-4-2-1-3-5-19/h1-9,14-16,18,24,27,31H,10-13,17H2/t24-,27-/m0/s1. The first kappa shape index (κ1) is 20.6. The number of nitrogens with zero attached hydrogens (tertiary/aromatic N) is 1. The van der Waals surface area contributed by atoms with Crippen LogP contribution in [0, 0.1) is 11.7 Å². The van der Waals surface area contributed by atoms with Gasteiger partial charge in [-0.25, -0.2) is 4.39 Å². The summed E-state index contributed by atoms with van der Waals surface area (Å²) in [5.74, 6) is 0.328. The molecule has 5 heteroatoms. The highest BCUT2D eigenvalue weighted by atomic mass is 19.1. The van der Waals surface area contributed by atoms with Crippen molar-refractivity contribution in [1.82, 2.24) is 0 Å². The second-order valence-corrected chi connectivity index (χ2v) is 8.69. The Kier molecular flexibility index (Phi) is 5.56. The monoisotopic (exact) mass is 431 g/mol. The molecular weight excluding hydrogens is 405 g/mol. The lowest BCUT2D eigenvalue weighted by Gasteiger charge is -2.35. The predicted octanol–water partition coefficient (Wildman–Crippen LogP) is 5.25. The maximum atomic E-state index is 15.6. The molecule has 0 aliphatic carbocycles. The third-order valence-corrected chi connectivity index (χ3v) is 6.80. The number of rotatable bonds is 4. The fourth-order valence-electron chi connectivity index (χ4n) is 5.03. The van der Waals surface area contributed by atoms with Crippen molar-refractivity contribution in [3.63, 3.8) is 0 Å². The van der Waals surface area contributed by atoms with Gasteiger partial charge in [-0.05, 0) is 42.2 Å². The molecule has 2 aliphatic heterocycles. The quantitative estimate of drug-likeness (QED) is 0.573. The number of benzene rings is 3. The predicted molar refractivity (Wildman–Crippen MR) is 122 cm³/mol. The Balaban J connectivity index is 1.52. The van der Waals surface area contributed by atoms with Gasteiger partial charge in [0.25, 0.3) is 0 Å². The zero-order valence-corrected chi connectivity index (χ0v) is 17.8. The van der Waals surface area contributed by atoms with Crippen molar-refractivity contribution in [2.75, 3.05) is 24.6 Å². The van der Waals surface area contributed by atoms with Gasteiger partial charge < -0.3 is 19.5 Å². The topological polar surface area (TPSA) is 49.8 Å². The number of carbonyl (C=O) groups excluding carboxylic acids is 1. The molecule has 0 radical (unpaired) electrons. The Labute approximate surface area is 187 Å². The van der Waals surface area contributed by atoms with Crippen LogP contribution in [0.4, 0.5) is 10.1 Å². The Morgan fingerprint density at radius 2 is 1.72 bits per heavy atom. The number of ether oxygens (including phenoxy) is 1. The van der Waals surface area contributed by atoms with Gasteiger partial charge in [-0.15, -0.1) is 0 Å². The van der Waals surface area contributed by atoms with Crippen LogP contribution in [-0.4, -0.2) is 31.1 Å². The molecule has 0 aromatic heterocycles. The minimum atomic E-state index is -0.244. The van der Waals surface area contributed by atoms with Gasteiger partial charge in [0.1, 0.15) is 23.6 Å². The first-order chi connectivity index (χ1) is 15.6. The van der Waals surface area contributed by atoms with E-state index in [0.717, 1.165) is 49.0 Å². The third-order valence-electron chi connectivity index (χ3n) is 6.80. The van der Waals surface area contributed by atoms with Gasteiger partial charge in [-0.3, -0.25) is 0 Å². The molecule has 1 saturated heterocycles. The largest absolute Gasteiger partial charge is 0.508 e. The van der Waals surface area contributed by atoms with Gasteiger partial charge in [0, 0.05) is 48.2 Å². The van der Waals surface area contributed by atoms with Gasteiger partial charge in [0.15, 0.2) is 0 Å².